The smallest absolute Gasteiger partial charge is 0.311 e. The summed E-state index contributed by atoms with van der Waals surface area (Å²) in [6.07, 6.45) is 3.09. The number of carbonyl (C=O) groups is 2. The van der Waals surface area contributed by atoms with Crippen LogP contribution in [0.25, 0.3) is 0 Å². The quantitative estimate of drug-likeness (QED) is 0.642. The zero-order valence-electron chi connectivity index (χ0n) is 10.4. The number of rotatable bonds is 4. The van der Waals surface area contributed by atoms with Gasteiger partial charge in [-0.3, -0.25) is 9.59 Å². The molecule has 0 aromatic rings. The molecule has 0 aromatic carbocycles. The minimum atomic E-state index is -0.813. The molecule has 0 spiro atoms. The number of carboxylic acids is 1. The number of hydrogen-bond donors (Lipinski definition) is 3. The highest BCUT2D eigenvalue weighted by Gasteiger charge is 2.42. The highest BCUT2D eigenvalue weighted by Crippen LogP contribution is 2.37. The highest BCUT2D eigenvalue weighted by molar-refractivity contribution is 5.81. The number of ether oxygens (including phenoxy) is 1. The lowest BCUT2D eigenvalue weighted by Crippen LogP contribution is -2.46. The molecule has 2 unspecified atom stereocenters. The molecule has 18 heavy (non-hydrogen) atoms. The van der Waals surface area contributed by atoms with Crippen LogP contribution >= 0.6 is 0 Å². The van der Waals surface area contributed by atoms with Crippen molar-refractivity contribution >= 4 is 11.9 Å². The normalized spacial score (nSPS) is 30.3. The van der Waals surface area contributed by atoms with Crippen LogP contribution in [0.5, 0.6) is 0 Å². The fourth-order valence-corrected chi connectivity index (χ4v) is 2.75. The molecule has 0 aromatic heterocycles. The summed E-state index contributed by atoms with van der Waals surface area (Å²) >= 11 is 0. The Morgan fingerprint density at radius 2 is 2.00 bits per heavy atom. The molecule has 1 aliphatic heterocycles. The van der Waals surface area contributed by atoms with Crippen LogP contribution in [-0.4, -0.2) is 42.8 Å². The van der Waals surface area contributed by atoms with Crippen molar-refractivity contribution in [3.63, 3.8) is 0 Å². The number of carbonyl (C=O) groups excluding carboxylic acids is 1. The Morgan fingerprint density at radius 3 is 2.50 bits per heavy atom. The largest absolute Gasteiger partial charge is 0.481 e. The van der Waals surface area contributed by atoms with Gasteiger partial charge in [0.15, 0.2) is 0 Å². The fraction of sp³-hybridized carbons (Fsp3) is 0.833. The summed E-state index contributed by atoms with van der Waals surface area (Å²) in [4.78, 5) is 23.2. The Morgan fingerprint density at radius 1 is 1.33 bits per heavy atom. The predicted octanol–water partition coefficient (Wildman–Crippen LogP) is -0.279. The molecule has 1 aliphatic carbocycles. The van der Waals surface area contributed by atoms with Crippen LogP contribution in [-0.2, 0) is 14.3 Å². The maximum Gasteiger partial charge on any atom is 0.311 e. The highest BCUT2D eigenvalue weighted by atomic mass is 16.5. The zero-order valence-corrected chi connectivity index (χ0v) is 10.4. The molecule has 6 heteroatoms. The van der Waals surface area contributed by atoms with Gasteiger partial charge in [0.2, 0.25) is 5.91 Å². The van der Waals surface area contributed by atoms with Crippen LogP contribution in [0.2, 0.25) is 0 Å². The third-order valence-corrected chi connectivity index (χ3v) is 4.08. The standard InChI is InChI=1S/C12H20N2O4/c13-9-6-18-5-8(9)10(15)14-7-12(11(16)17)3-1-2-4-12/h8-9H,1-7,13H2,(H,14,15)(H,16,17). The maximum atomic E-state index is 11.9. The second-order valence-electron chi connectivity index (χ2n) is 5.32. The molecule has 1 saturated heterocycles. The predicted molar refractivity (Wildman–Crippen MR) is 63.8 cm³/mol. The number of carboxylic acid groups (broad SMARTS) is 1. The van der Waals surface area contributed by atoms with E-state index in [1.165, 1.54) is 0 Å². The van der Waals surface area contributed by atoms with E-state index in [0.29, 0.717) is 26.1 Å². The van der Waals surface area contributed by atoms with Crippen molar-refractivity contribution in [2.24, 2.45) is 17.1 Å². The summed E-state index contributed by atoms with van der Waals surface area (Å²) in [5, 5.41) is 12.0. The second kappa shape index (κ2) is 5.24. The number of nitrogens with two attached hydrogens (primary N) is 1. The molecule has 4 N–H and O–H groups in total. The van der Waals surface area contributed by atoms with Crippen molar-refractivity contribution in [1.82, 2.24) is 5.32 Å². The number of nitrogens with one attached hydrogen (secondary N) is 1. The molecule has 1 saturated carbocycles. The van der Waals surface area contributed by atoms with E-state index in [2.05, 4.69) is 5.32 Å². The molecule has 102 valence electrons. The Hall–Kier alpha value is -1.14. The molecule has 0 bridgehead atoms. The molecule has 1 amide bonds. The Bertz CT molecular complexity index is 339. The van der Waals surface area contributed by atoms with Gasteiger partial charge in [-0.2, -0.15) is 0 Å². The van der Waals surface area contributed by atoms with Gasteiger partial charge in [0.05, 0.1) is 24.5 Å². The molecule has 2 aliphatic rings. The van der Waals surface area contributed by atoms with Crippen LogP contribution < -0.4 is 11.1 Å². The van der Waals surface area contributed by atoms with E-state index in [1.807, 2.05) is 0 Å². The van der Waals surface area contributed by atoms with E-state index in [1.54, 1.807) is 0 Å². The molecule has 6 nitrogen and oxygen atoms in total. The average Bonchev–Trinajstić information content (AvgIpc) is 2.95. The minimum absolute atomic E-state index is 0.187. The first-order chi connectivity index (χ1) is 8.55. The number of amides is 1. The van der Waals surface area contributed by atoms with E-state index < -0.39 is 11.4 Å². The summed E-state index contributed by atoms with van der Waals surface area (Å²) in [7, 11) is 0. The average molecular weight is 256 g/mol. The Labute approximate surface area is 106 Å². The van der Waals surface area contributed by atoms with E-state index in [0.717, 1.165) is 12.8 Å². The third-order valence-electron chi connectivity index (χ3n) is 4.08. The van der Waals surface area contributed by atoms with Crippen LogP contribution in [0.1, 0.15) is 25.7 Å². The van der Waals surface area contributed by atoms with Crippen LogP contribution in [0.15, 0.2) is 0 Å². The first-order valence-corrected chi connectivity index (χ1v) is 6.40. The summed E-state index contributed by atoms with van der Waals surface area (Å²) in [6.45, 7) is 0.916. The summed E-state index contributed by atoms with van der Waals surface area (Å²) in [6, 6.07) is -0.283. The van der Waals surface area contributed by atoms with Crippen molar-refractivity contribution < 1.29 is 19.4 Å². The topological polar surface area (TPSA) is 102 Å². The van der Waals surface area contributed by atoms with Crippen molar-refractivity contribution in [3.05, 3.63) is 0 Å². The monoisotopic (exact) mass is 256 g/mol. The van der Waals surface area contributed by atoms with E-state index in [-0.39, 0.29) is 24.4 Å². The molecule has 0 radical (unpaired) electrons. The van der Waals surface area contributed by atoms with Gasteiger partial charge in [-0.25, -0.2) is 0 Å². The van der Waals surface area contributed by atoms with Crippen molar-refractivity contribution in [2.45, 2.75) is 31.7 Å². The molecular weight excluding hydrogens is 236 g/mol. The zero-order chi connectivity index (χ0) is 13.2. The van der Waals surface area contributed by atoms with Gasteiger partial charge in [0.1, 0.15) is 0 Å². The van der Waals surface area contributed by atoms with Crippen LogP contribution in [0.4, 0.5) is 0 Å². The molecular formula is C12H20N2O4. The van der Waals surface area contributed by atoms with Crippen LogP contribution in [0.3, 0.4) is 0 Å². The van der Waals surface area contributed by atoms with Crippen molar-refractivity contribution in [1.29, 1.82) is 0 Å². The lowest BCUT2D eigenvalue weighted by atomic mass is 9.86. The van der Waals surface area contributed by atoms with Gasteiger partial charge in [0, 0.05) is 12.6 Å². The van der Waals surface area contributed by atoms with Crippen molar-refractivity contribution in [2.75, 3.05) is 19.8 Å². The van der Waals surface area contributed by atoms with E-state index in [9.17, 15) is 14.7 Å². The summed E-state index contributed by atoms with van der Waals surface area (Å²) in [5.74, 6) is -1.35. The Balaban J connectivity index is 1.90. The summed E-state index contributed by atoms with van der Waals surface area (Å²) in [5.41, 5.74) is 4.98. The van der Waals surface area contributed by atoms with Gasteiger partial charge < -0.3 is 20.9 Å². The summed E-state index contributed by atoms with van der Waals surface area (Å²) < 4.78 is 5.13. The molecule has 2 fully saturated rings. The minimum Gasteiger partial charge on any atom is -0.481 e. The first-order valence-electron chi connectivity index (χ1n) is 6.40. The lowest BCUT2D eigenvalue weighted by molar-refractivity contribution is -0.148. The second-order valence-corrected chi connectivity index (χ2v) is 5.32. The van der Waals surface area contributed by atoms with Gasteiger partial charge in [0.25, 0.3) is 0 Å². The lowest BCUT2D eigenvalue weighted by Gasteiger charge is -2.25. The van der Waals surface area contributed by atoms with Gasteiger partial charge >= 0.3 is 5.97 Å². The Kier molecular flexibility index (Phi) is 3.87. The maximum absolute atomic E-state index is 11.9. The van der Waals surface area contributed by atoms with Crippen LogP contribution in [0, 0.1) is 11.3 Å². The van der Waals surface area contributed by atoms with Gasteiger partial charge in [-0.1, -0.05) is 12.8 Å². The van der Waals surface area contributed by atoms with Crippen molar-refractivity contribution in [3.8, 4) is 0 Å². The molecule has 1 heterocycles. The van der Waals surface area contributed by atoms with Gasteiger partial charge in [-0.15, -0.1) is 0 Å². The SMILES string of the molecule is NC1COCC1C(=O)NCC1(C(=O)O)CCCC1. The van der Waals surface area contributed by atoms with E-state index >= 15 is 0 Å². The number of hydrogen-bond acceptors (Lipinski definition) is 4. The molecule has 2 atom stereocenters. The first kappa shape index (κ1) is 13.3. The fourth-order valence-electron chi connectivity index (χ4n) is 2.75. The third kappa shape index (κ3) is 2.49. The van der Waals surface area contributed by atoms with Gasteiger partial charge in [-0.05, 0) is 12.8 Å². The number of aliphatic carboxylic acids is 1. The molecule has 2 rings (SSSR count). The van der Waals surface area contributed by atoms with E-state index in [4.69, 9.17) is 10.5 Å².